The van der Waals surface area contributed by atoms with E-state index in [1.54, 1.807) is 0 Å². The van der Waals surface area contributed by atoms with Crippen molar-refractivity contribution >= 4 is 35.8 Å². The van der Waals surface area contributed by atoms with E-state index in [4.69, 9.17) is 42.6 Å². The van der Waals surface area contributed by atoms with Crippen molar-refractivity contribution in [3.63, 3.8) is 0 Å². The summed E-state index contributed by atoms with van der Waals surface area (Å²) < 4.78 is 47.2. The van der Waals surface area contributed by atoms with Crippen LogP contribution in [0, 0.1) is 70.5 Å². The molecule has 0 spiro atoms. The molecule has 6 saturated carbocycles. The summed E-state index contributed by atoms with van der Waals surface area (Å²) in [5.74, 6) is 0.117. The molecule has 0 aromatic rings. The first kappa shape index (κ1) is 70.0. The van der Waals surface area contributed by atoms with E-state index < -0.39 is 5.41 Å². The van der Waals surface area contributed by atoms with Crippen LogP contribution in [-0.2, 0) is 71.4 Å². The number of hydrogen-bond donors (Lipinski definition) is 0. The van der Waals surface area contributed by atoms with Gasteiger partial charge in [0.2, 0.25) is 0 Å². The third-order valence-electron chi connectivity index (χ3n) is 14.7. The van der Waals surface area contributed by atoms with Crippen LogP contribution in [0.3, 0.4) is 0 Å². The molecule has 0 amide bonds. The molecular formula is C54H102O15. The minimum atomic E-state index is -0.465. The molecule has 6 aliphatic rings. The summed E-state index contributed by atoms with van der Waals surface area (Å²) in [7, 11) is 1.49. The van der Waals surface area contributed by atoms with Crippen LogP contribution in [0.4, 0.5) is 0 Å². The monoisotopic (exact) mass is 991 g/mol. The van der Waals surface area contributed by atoms with E-state index in [1.165, 1.54) is 7.11 Å². The molecule has 6 bridgehead atoms. The second-order valence-corrected chi connectivity index (χ2v) is 19.3. The van der Waals surface area contributed by atoms with Gasteiger partial charge < -0.3 is 42.6 Å². The average molecular weight is 991 g/mol. The number of carbonyl (C=O) groups excluding carboxylic acids is 6. The molecule has 6 fully saturated rings. The number of rotatable bonds is 20. The van der Waals surface area contributed by atoms with Crippen LogP contribution < -0.4 is 0 Å². The van der Waals surface area contributed by atoms with E-state index in [9.17, 15) is 28.8 Å². The van der Waals surface area contributed by atoms with Gasteiger partial charge in [0.05, 0.1) is 35.0 Å². The van der Waals surface area contributed by atoms with Crippen molar-refractivity contribution in [2.75, 3.05) is 40.7 Å². The Bertz CT molecular complexity index is 1520. The highest BCUT2D eigenvalue weighted by atomic mass is 16.7. The summed E-state index contributed by atoms with van der Waals surface area (Å²) in [6.07, 6.45) is 10.0. The van der Waals surface area contributed by atoms with Crippen molar-refractivity contribution in [3.05, 3.63) is 0 Å². The van der Waals surface area contributed by atoms with Crippen LogP contribution in [0.2, 0.25) is 0 Å². The molecule has 14 atom stereocenters. The van der Waals surface area contributed by atoms with Gasteiger partial charge >= 0.3 is 35.8 Å². The van der Waals surface area contributed by atoms with Crippen LogP contribution in [0.5, 0.6) is 0 Å². The zero-order valence-corrected chi connectivity index (χ0v) is 39.7. The molecule has 0 N–H and O–H groups in total. The van der Waals surface area contributed by atoms with E-state index in [0.717, 1.165) is 77.0 Å². The maximum Gasteiger partial charge on any atom is 0.311 e. The van der Waals surface area contributed by atoms with Gasteiger partial charge in [-0.25, -0.2) is 0 Å². The summed E-state index contributed by atoms with van der Waals surface area (Å²) in [5.41, 5.74) is -0.465. The molecule has 6 rings (SSSR count). The van der Waals surface area contributed by atoms with E-state index in [2.05, 4.69) is 0 Å². The van der Waals surface area contributed by atoms with Gasteiger partial charge in [0.15, 0.2) is 20.4 Å². The smallest absolute Gasteiger partial charge is 0.311 e. The average Bonchev–Trinajstić information content (AvgIpc) is 4.15. The Kier molecular flexibility index (Phi) is 33.8. The fourth-order valence-corrected chi connectivity index (χ4v) is 10.2. The van der Waals surface area contributed by atoms with E-state index in [-0.39, 0.29) is 166 Å². The Morgan fingerprint density at radius 1 is 0.478 bits per heavy atom. The predicted octanol–water partition coefficient (Wildman–Crippen LogP) is 11.4. The molecule has 0 aromatic heterocycles. The molecule has 14 unspecified atom stereocenters. The second-order valence-electron chi connectivity index (χ2n) is 19.3. The maximum atomic E-state index is 12.3. The number of carbonyl (C=O) groups is 6. The van der Waals surface area contributed by atoms with Gasteiger partial charge in [-0.2, -0.15) is 0 Å². The Hall–Kier alpha value is -3.30. The van der Waals surface area contributed by atoms with Gasteiger partial charge in [-0.05, 0) is 122 Å². The van der Waals surface area contributed by atoms with Crippen molar-refractivity contribution in [2.24, 2.45) is 70.5 Å². The third kappa shape index (κ3) is 19.0. The van der Waals surface area contributed by atoms with Gasteiger partial charge in [-0.15, -0.1) is 0 Å². The Morgan fingerprint density at radius 3 is 1.07 bits per heavy atom. The highest BCUT2D eigenvalue weighted by molar-refractivity contribution is 5.77. The Balaban J connectivity index is -0.000000908. The molecule has 15 heteroatoms. The Labute approximate surface area is 419 Å². The minimum Gasteiger partial charge on any atom is -0.462 e. The molecule has 6 aliphatic carbocycles. The van der Waals surface area contributed by atoms with Gasteiger partial charge in [-0.3, -0.25) is 28.8 Å². The molecule has 69 heavy (non-hydrogen) atoms. The normalized spacial score (nSPS) is 29.0. The summed E-state index contributed by atoms with van der Waals surface area (Å²) in [4.78, 5) is 72.3. The lowest BCUT2D eigenvalue weighted by molar-refractivity contribution is -0.172. The zero-order chi connectivity index (χ0) is 46.4. The van der Waals surface area contributed by atoms with Crippen LogP contribution in [0.1, 0.15) is 184 Å². The first-order valence-electron chi connectivity index (χ1n) is 23.8. The lowest BCUT2D eigenvalue weighted by Gasteiger charge is -2.31. The van der Waals surface area contributed by atoms with Crippen LogP contribution in [0.15, 0.2) is 0 Å². The summed E-state index contributed by atoms with van der Waals surface area (Å²) in [6, 6.07) is 0. The van der Waals surface area contributed by atoms with Crippen LogP contribution in [-0.4, -0.2) is 94.8 Å². The molecule has 0 aliphatic heterocycles. The Morgan fingerprint density at radius 2 is 0.797 bits per heavy atom. The number of fused-ring (bicyclic) bond motifs is 6. The molecule has 408 valence electrons. The van der Waals surface area contributed by atoms with Gasteiger partial charge in [0, 0.05) is 38.1 Å². The third-order valence-corrected chi connectivity index (χ3v) is 14.7. The lowest BCUT2D eigenvalue weighted by atomic mass is 9.86. The van der Waals surface area contributed by atoms with Gasteiger partial charge in [0.1, 0.15) is 18.3 Å². The summed E-state index contributed by atoms with van der Waals surface area (Å²) in [5, 5.41) is 0. The van der Waals surface area contributed by atoms with Crippen molar-refractivity contribution in [1.29, 1.82) is 0 Å². The second kappa shape index (κ2) is 33.4. The van der Waals surface area contributed by atoms with Crippen molar-refractivity contribution < 1.29 is 71.4 Å². The van der Waals surface area contributed by atoms with Crippen molar-refractivity contribution in [2.45, 2.75) is 202 Å². The highest BCUT2D eigenvalue weighted by Gasteiger charge is 2.54. The van der Waals surface area contributed by atoms with Crippen LogP contribution in [0.25, 0.3) is 0 Å². The fourth-order valence-electron chi connectivity index (χ4n) is 10.2. The largest absolute Gasteiger partial charge is 0.462 e. The molecular weight excluding hydrogens is 889 g/mol. The SMILES string of the molecule is C.C.C.C.C.C.CCC(C)C(=O)OC1CC2CC(C(=O)OCOC)C1C2.CCOCOC(=O)C1CC2CC(OC(=O)C(C)(C)CC)C1C2.CCOCOC(=O)C1CC2CC(OC(=O)C(C)CC)C1C2. The first-order valence-corrected chi connectivity index (χ1v) is 23.8. The number of hydrogen-bond acceptors (Lipinski definition) is 15. The summed E-state index contributed by atoms with van der Waals surface area (Å²) >= 11 is 0. The van der Waals surface area contributed by atoms with E-state index in [1.807, 2.05) is 62.3 Å². The quantitative estimate of drug-likeness (QED) is 0.0485. The topological polar surface area (TPSA) is 185 Å². The van der Waals surface area contributed by atoms with Crippen molar-refractivity contribution in [1.82, 2.24) is 0 Å². The standard InChI is InChI=1S/C17H28O5.C16H26O5.C15H24O5.6CH4/c1-5-17(3,4)16(19)22-14-9-11-7-12(14)13(8-11)15(18)21-10-20-6-2;1-4-10(3)15(17)21-14-8-11-6-12(14)13(7-11)16(18)20-9-19-5-2;1-4-9(2)14(16)20-13-7-10-5-11(13)12(6-10)15(17)19-8-18-3;;;;;;/h11-14H,5-10H2,1-4H3;10-14H,4-9H2,1-3H3;9-13H,4-8H2,1-3H3;6*1H4. The first-order chi connectivity index (χ1) is 30.0. The minimum absolute atomic E-state index is 0. The van der Waals surface area contributed by atoms with E-state index in [0.29, 0.717) is 31.0 Å². The van der Waals surface area contributed by atoms with Crippen LogP contribution >= 0.6 is 0 Å². The molecule has 0 saturated heterocycles. The number of ether oxygens (including phenoxy) is 9. The fraction of sp³-hybridized carbons (Fsp3) is 0.889. The maximum absolute atomic E-state index is 12.3. The predicted molar refractivity (Wildman–Crippen MR) is 269 cm³/mol. The number of methoxy groups -OCH3 is 1. The molecule has 0 aromatic carbocycles. The molecule has 15 nitrogen and oxygen atoms in total. The van der Waals surface area contributed by atoms with E-state index >= 15 is 0 Å². The van der Waals surface area contributed by atoms with Gasteiger partial charge in [0.25, 0.3) is 0 Å². The summed E-state index contributed by atoms with van der Waals surface area (Å²) in [6.45, 7) is 18.3. The number of esters is 6. The van der Waals surface area contributed by atoms with Crippen molar-refractivity contribution in [3.8, 4) is 0 Å². The highest BCUT2D eigenvalue weighted by Crippen LogP contribution is 2.52. The lowest BCUT2D eigenvalue weighted by Crippen LogP contribution is -2.37. The molecule has 0 radical (unpaired) electrons. The zero-order valence-electron chi connectivity index (χ0n) is 39.7. The van der Waals surface area contributed by atoms with Gasteiger partial charge in [-0.1, -0.05) is 79.2 Å². The molecule has 0 heterocycles.